The lowest BCUT2D eigenvalue weighted by Crippen LogP contribution is -2.36. The molecule has 6 nitrogen and oxygen atoms in total. The molecule has 0 saturated carbocycles. The number of nitrogens with zero attached hydrogens (tertiary/aromatic N) is 1. The fraction of sp³-hybridized carbons (Fsp3) is 0.318. The third kappa shape index (κ3) is 5.22. The van der Waals surface area contributed by atoms with E-state index in [1.165, 1.54) is 7.11 Å². The summed E-state index contributed by atoms with van der Waals surface area (Å²) in [6, 6.07) is 12.9. The van der Waals surface area contributed by atoms with Gasteiger partial charge in [-0.3, -0.25) is 0 Å². The summed E-state index contributed by atoms with van der Waals surface area (Å²) in [6.45, 7) is 4.89. The molecule has 0 unspecified atom stereocenters. The highest BCUT2D eigenvalue weighted by Gasteiger charge is 2.19. The lowest BCUT2D eigenvalue weighted by atomic mass is 9.99. The Labute approximate surface area is 175 Å². The molecule has 0 aliphatic carbocycles. The van der Waals surface area contributed by atoms with Gasteiger partial charge >= 0.3 is 5.97 Å². The smallest absolute Gasteiger partial charge is 0.339 e. The molecule has 0 amide bonds. The average molecular weight is 418 g/mol. The van der Waals surface area contributed by atoms with Crippen LogP contribution in [0.2, 0.25) is 5.02 Å². The Kier molecular flexibility index (Phi) is 7.01. The van der Waals surface area contributed by atoms with Crippen LogP contribution in [0, 0.1) is 0 Å². The standard InChI is InChI=1S/C22H24ClNO5/c1-15(27-2)21(22(25)26)20-7-6-17(23)12-16(20)14-29-19-5-3-4-18(13-19)24-8-10-28-11-9-24/h3-7,12-13H,8-11,14H2,1-2H3,(H,25,26)/b21-15+. The zero-order valence-electron chi connectivity index (χ0n) is 16.5. The van der Waals surface area contributed by atoms with E-state index in [0.717, 1.165) is 18.8 Å². The predicted octanol–water partition coefficient (Wildman–Crippen LogP) is 4.22. The second kappa shape index (κ2) is 9.67. The van der Waals surface area contributed by atoms with E-state index in [9.17, 15) is 9.90 Å². The van der Waals surface area contributed by atoms with Crippen LogP contribution in [0.1, 0.15) is 18.1 Å². The Morgan fingerprint density at radius 3 is 2.66 bits per heavy atom. The van der Waals surface area contributed by atoms with Gasteiger partial charge in [0.2, 0.25) is 0 Å². The molecule has 0 spiro atoms. The van der Waals surface area contributed by atoms with Crippen molar-refractivity contribution >= 4 is 28.8 Å². The molecule has 1 fully saturated rings. The van der Waals surface area contributed by atoms with Crippen LogP contribution in [-0.4, -0.2) is 44.5 Å². The van der Waals surface area contributed by atoms with Crippen LogP contribution in [0.25, 0.3) is 5.57 Å². The van der Waals surface area contributed by atoms with Crippen molar-refractivity contribution in [2.75, 3.05) is 38.3 Å². The summed E-state index contributed by atoms with van der Waals surface area (Å²) >= 11 is 6.15. The van der Waals surface area contributed by atoms with E-state index in [1.54, 1.807) is 25.1 Å². The fourth-order valence-electron chi connectivity index (χ4n) is 3.24. The molecule has 0 aromatic heterocycles. The third-order valence-corrected chi connectivity index (χ3v) is 5.03. The van der Waals surface area contributed by atoms with E-state index in [1.807, 2.05) is 24.3 Å². The lowest BCUT2D eigenvalue weighted by Gasteiger charge is -2.29. The number of allylic oxidation sites excluding steroid dienone is 1. The zero-order valence-corrected chi connectivity index (χ0v) is 17.2. The SMILES string of the molecule is CO/C(C)=C(/C(=O)O)c1ccc(Cl)cc1COc1cccc(N2CCOCC2)c1. The number of hydrogen-bond acceptors (Lipinski definition) is 5. The number of carbonyl (C=O) groups is 1. The summed E-state index contributed by atoms with van der Waals surface area (Å²) in [5.41, 5.74) is 2.34. The minimum atomic E-state index is -1.07. The van der Waals surface area contributed by atoms with Crippen molar-refractivity contribution in [1.29, 1.82) is 0 Å². The summed E-state index contributed by atoms with van der Waals surface area (Å²) in [4.78, 5) is 14.0. The number of hydrogen-bond donors (Lipinski definition) is 1. The van der Waals surface area contributed by atoms with Crippen molar-refractivity contribution in [3.8, 4) is 5.75 Å². The molecule has 0 atom stereocenters. The lowest BCUT2D eigenvalue weighted by molar-refractivity contribution is -0.130. The monoisotopic (exact) mass is 417 g/mol. The molecule has 29 heavy (non-hydrogen) atoms. The first-order chi connectivity index (χ1) is 14.0. The van der Waals surface area contributed by atoms with Gasteiger partial charge < -0.3 is 24.2 Å². The molecule has 0 radical (unpaired) electrons. The van der Waals surface area contributed by atoms with Gasteiger partial charge in [0.15, 0.2) is 0 Å². The first-order valence-corrected chi connectivity index (χ1v) is 9.70. The number of benzene rings is 2. The highest BCUT2D eigenvalue weighted by atomic mass is 35.5. The average Bonchev–Trinajstić information content (AvgIpc) is 2.74. The first-order valence-electron chi connectivity index (χ1n) is 9.32. The van der Waals surface area contributed by atoms with Crippen molar-refractivity contribution in [1.82, 2.24) is 0 Å². The van der Waals surface area contributed by atoms with Crippen molar-refractivity contribution in [2.45, 2.75) is 13.5 Å². The molecule has 1 aliphatic heterocycles. The molecule has 1 heterocycles. The van der Waals surface area contributed by atoms with E-state index in [2.05, 4.69) is 4.90 Å². The van der Waals surface area contributed by atoms with E-state index >= 15 is 0 Å². The molecule has 3 rings (SSSR count). The summed E-state index contributed by atoms with van der Waals surface area (Å²) in [6.07, 6.45) is 0. The van der Waals surface area contributed by atoms with Crippen LogP contribution in [0.5, 0.6) is 5.75 Å². The molecule has 154 valence electrons. The number of aliphatic carboxylic acids is 1. The maximum atomic E-state index is 11.8. The summed E-state index contributed by atoms with van der Waals surface area (Å²) < 4.78 is 16.6. The number of anilines is 1. The Balaban J connectivity index is 1.84. The van der Waals surface area contributed by atoms with Crippen LogP contribution >= 0.6 is 11.6 Å². The normalized spacial score (nSPS) is 14.9. The Hall–Kier alpha value is -2.70. The maximum absolute atomic E-state index is 11.8. The van der Waals surface area contributed by atoms with Crippen LogP contribution in [0.3, 0.4) is 0 Å². The summed E-state index contributed by atoms with van der Waals surface area (Å²) in [5.74, 6) is -0.0538. The van der Waals surface area contributed by atoms with Crippen molar-refractivity contribution < 1.29 is 24.1 Å². The minimum Gasteiger partial charge on any atom is -0.500 e. The third-order valence-electron chi connectivity index (χ3n) is 4.80. The van der Waals surface area contributed by atoms with Crippen LogP contribution in [0.15, 0.2) is 48.2 Å². The van der Waals surface area contributed by atoms with E-state index in [0.29, 0.717) is 40.9 Å². The van der Waals surface area contributed by atoms with Gasteiger partial charge in [0, 0.05) is 29.9 Å². The second-order valence-corrected chi connectivity index (χ2v) is 7.06. The topological polar surface area (TPSA) is 68.2 Å². The first kappa shape index (κ1) is 21.0. The molecule has 0 bridgehead atoms. The van der Waals surface area contributed by atoms with E-state index < -0.39 is 5.97 Å². The van der Waals surface area contributed by atoms with Gasteiger partial charge in [-0.05, 0) is 42.3 Å². The van der Waals surface area contributed by atoms with Crippen LogP contribution in [0.4, 0.5) is 5.69 Å². The Morgan fingerprint density at radius 1 is 1.21 bits per heavy atom. The molecule has 1 N–H and O–H groups in total. The Bertz CT molecular complexity index is 906. The van der Waals surface area contributed by atoms with Crippen molar-refractivity contribution in [3.05, 3.63) is 64.4 Å². The maximum Gasteiger partial charge on any atom is 0.339 e. The zero-order chi connectivity index (χ0) is 20.8. The minimum absolute atomic E-state index is 0.0878. The molecule has 2 aromatic rings. The van der Waals surface area contributed by atoms with E-state index in [-0.39, 0.29) is 12.2 Å². The Morgan fingerprint density at radius 2 is 1.97 bits per heavy atom. The van der Waals surface area contributed by atoms with Gasteiger partial charge in [-0.25, -0.2) is 4.79 Å². The molecule has 1 aliphatic rings. The number of methoxy groups -OCH3 is 1. The largest absolute Gasteiger partial charge is 0.500 e. The molecule has 1 saturated heterocycles. The number of halogens is 1. The summed E-state index contributed by atoms with van der Waals surface area (Å²) in [5, 5.41) is 10.2. The second-order valence-electron chi connectivity index (χ2n) is 6.63. The molecule has 2 aromatic carbocycles. The quantitative estimate of drug-likeness (QED) is 0.537. The number of rotatable bonds is 7. The fourth-order valence-corrected chi connectivity index (χ4v) is 3.43. The van der Waals surface area contributed by atoms with Gasteiger partial charge in [0.1, 0.15) is 23.7 Å². The number of carboxylic acid groups (broad SMARTS) is 1. The van der Waals surface area contributed by atoms with Crippen LogP contribution in [-0.2, 0) is 20.9 Å². The molecule has 7 heteroatoms. The molecular weight excluding hydrogens is 394 g/mol. The van der Waals surface area contributed by atoms with Gasteiger partial charge in [-0.15, -0.1) is 0 Å². The number of morpholine rings is 1. The predicted molar refractivity (Wildman–Crippen MR) is 112 cm³/mol. The number of ether oxygens (including phenoxy) is 3. The van der Waals surface area contributed by atoms with Gasteiger partial charge in [-0.1, -0.05) is 23.7 Å². The highest BCUT2D eigenvalue weighted by molar-refractivity contribution is 6.30. The molecular formula is C22H24ClNO5. The highest BCUT2D eigenvalue weighted by Crippen LogP contribution is 2.28. The van der Waals surface area contributed by atoms with Gasteiger partial charge in [-0.2, -0.15) is 0 Å². The summed E-state index contributed by atoms with van der Waals surface area (Å²) in [7, 11) is 1.45. The van der Waals surface area contributed by atoms with E-state index in [4.69, 9.17) is 25.8 Å². The van der Waals surface area contributed by atoms with Gasteiger partial charge in [0.05, 0.1) is 20.3 Å². The van der Waals surface area contributed by atoms with Crippen molar-refractivity contribution in [3.63, 3.8) is 0 Å². The van der Waals surface area contributed by atoms with Crippen LogP contribution < -0.4 is 9.64 Å². The van der Waals surface area contributed by atoms with Gasteiger partial charge in [0.25, 0.3) is 0 Å². The van der Waals surface area contributed by atoms with Crippen molar-refractivity contribution in [2.24, 2.45) is 0 Å². The number of carboxylic acids is 1.